The van der Waals surface area contributed by atoms with Gasteiger partial charge in [0, 0.05) is 37.8 Å². The van der Waals surface area contributed by atoms with Crippen LogP contribution in [-0.2, 0) is 16.0 Å². The molecule has 1 aliphatic rings. The monoisotopic (exact) mass is 489 g/mol. The fourth-order valence-electron chi connectivity index (χ4n) is 3.74. The summed E-state index contributed by atoms with van der Waals surface area (Å²) >= 11 is 0. The van der Waals surface area contributed by atoms with Gasteiger partial charge in [-0.05, 0) is 24.1 Å². The lowest BCUT2D eigenvalue weighted by Gasteiger charge is -2.44. The van der Waals surface area contributed by atoms with Crippen molar-refractivity contribution in [3.63, 3.8) is 0 Å². The number of nitrogens with two attached hydrogens (primary N) is 1. The molecule has 180 valence electrons. The second kappa shape index (κ2) is 8.76. The van der Waals surface area contributed by atoms with Crippen molar-refractivity contribution in [2.24, 2.45) is 11.7 Å². The molecule has 8 nitrogen and oxygen atoms in total. The van der Waals surface area contributed by atoms with Crippen LogP contribution in [0, 0.1) is 11.7 Å². The Bertz CT molecular complexity index is 1170. The zero-order valence-corrected chi connectivity index (χ0v) is 18.9. The van der Waals surface area contributed by atoms with Crippen LogP contribution in [0.15, 0.2) is 29.3 Å². The van der Waals surface area contributed by atoms with Gasteiger partial charge in [0.15, 0.2) is 9.84 Å². The number of hydrogen-bond acceptors (Lipinski definition) is 7. The quantitative estimate of drug-likeness (QED) is 0.643. The van der Waals surface area contributed by atoms with Crippen LogP contribution in [0.4, 0.5) is 29.2 Å². The highest BCUT2D eigenvalue weighted by Crippen LogP contribution is 2.33. The van der Waals surface area contributed by atoms with E-state index in [-0.39, 0.29) is 24.5 Å². The van der Waals surface area contributed by atoms with Crippen molar-refractivity contribution in [2.45, 2.75) is 31.0 Å². The molecule has 2 N–H and O–H groups in total. The number of nitrogens with zero attached hydrogens (tertiary/aromatic N) is 4. The first-order valence-corrected chi connectivity index (χ1v) is 11.8. The van der Waals surface area contributed by atoms with E-state index < -0.39 is 43.9 Å². The Hall–Kier alpha value is -2.96. The maximum absolute atomic E-state index is 14.0. The number of aromatic nitrogens is 2. The lowest BCUT2D eigenvalue weighted by Crippen LogP contribution is -2.56. The van der Waals surface area contributed by atoms with Crippen LogP contribution in [0.25, 0.3) is 0 Å². The first-order chi connectivity index (χ1) is 15.2. The third-order valence-electron chi connectivity index (χ3n) is 5.44. The van der Waals surface area contributed by atoms with Gasteiger partial charge in [0.1, 0.15) is 22.0 Å². The van der Waals surface area contributed by atoms with Crippen LogP contribution in [0.5, 0.6) is 0 Å². The summed E-state index contributed by atoms with van der Waals surface area (Å²) in [4.78, 5) is 22.4. The third kappa shape index (κ3) is 5.18. The molecule has 1 amide bonds. The van der Waals surface area contributed by atoms with Gasteiger partial charge in [0.25, 0.3) is 5.91 Å². The molecule has 0 spiro atoms. The van der Waals surface area contributed by atoms with Crippen LogP contribution < -0.4 is 15.5 Å². The number of amides is 1. The molecular weight excluding hydrogens is 466 g/mol. The standard InChI is InChI=1S/C20H23F4N5O3S/c1-11(2)15-10-28(12-4-5-14(21)16(8-12)33(3,31)32)6-7-29(15)19-26-9-13(20(22,23)24)17(27-19)18(25)30/h4-5,8-9,11,15H,6-7,10H2,1-3H3,(H2,25,30). The molecule has 0 radical (unpaired) electrons. The third-order valence-corrected chi connectivity index (χ3v) is 6.55. The van der Waals surface area contributed by atoms with Gasteiger partial charge >= 0.3 is 6.18 Å². The van der Waals surface area contributed by atoms with Gasteiger partial charge in [-0.1, -0.05) is 13.8 Å². The van der Waals surface area contributed by atoms with Crippen molar-refractivity contribution in [2.75, 3.05) is 35.7 Å². The topological polar surface area (TPSA) is 109 Å². The molecule has 1 aromatic heterocycles. The maximum Gasteiger partial charge on any atom is 0.420 e. The number of primary amides is 1. The number of hydrogen-bond donors (Lipinski definition) is 1. The van der Waals surface area contributed by atoms with Gasteiger partial charge in [0.05, 0.1) is 6.04 Å². The number of sulfone groups is 1. The molecule has 1 aliphatic heterocycles. The first kappa shape index (κ1) is 24.7. The highest BCUT2D eigenvalue weighted by molar-refractivity contribution is 7.90. The van der Waals surface area contributed by atoms with Crippen molar-refractivity contribution in [3.8, 4) is 0 Å². The summed E-state index contributed by atoms with van der Waals surface area (Å²) in [6.07, 6.45) is -3.37. The smallest absolute Gasteiger partial charge is 0.368 e. The molecule has 0 aliphatic carbocycles. The second-order valence-corrected chi connectivity index (χ2v) is 10.1. The number of piperazine rings is 1. The van der Waals surface area contributed by atoms with Gasteiger partial charge in [-0.3, -0.25) is 4.79 Å². The van der Waals surface area contributed by atoms with E-state index in [0.29, 0.717) is 25.0 Å². The van der Waals surface area contributed by atoms with Crippen molar-refractivity contribution in [3.05, 3.63) is 41.5 Å². The minimum Gasteiger partial charge on any atom is -0.368 e. The Balaban J connectivity index is 1.95. The Kier molecular flexibility index (Phi) is 6.55. The van der Waals surface area contributed by atoms with Crippen LogP contribution in [0.2, 0.25) is 0 Å². The van der Waals surface area contributed by atoms with E-state index in [0.717, 1.165) is 12.3 Å². The second-order valence-electron chi connectivity index (χ2n) is 8.13. The predicted molar refractivity (Wildman–Crippen MR) is 113 cm³/mol. The first-order valence-electron chi connectivity index (χ1n) is 9.95. The van der Waals surface area contributed by atoms with E-state index in [1.807, 2.05) is 18.7 Å². The average molecular weight is 489 g/mol. The number of carbonyl (C=O) groups excluding carboxylic acids is 1. The number of halogens is 4. The minimum absolute atomic E-state index is 0.0226. The summed E-state index contributed by atoms with van der Waals surface area (Å²) in [5.41, 5.74) is 3.41. The van der Waals surface area contributed by atoms with E-state index in [1.54, 1.807) is 4.90 Å². The molecule has 1 unspecified atom stereocenters. The summed E-state index contributed by atoms with van der Waals surface area (Å²) in [5.74, 6) is -2.25. The predicted octanol–water partition coefficient (Wildman–Crippen LogP) is 2.49. The average Bonchev–Trinajstić information content (AvgIpc) is 2.71. The van der Waals surface area contributed by atoms with Crippen LogP contribution in [0.3, 0.4) is 0 Å². The summed E-state index contributed by atoms with van der Waals surface area (Å²) in [7, 11) is -3.78. The zero-order chi connectivity index (χ0) is 24.7. The summed E-state index contributed by atoms with van der Waals surface area (Å²) in [6.45, 7) is 4.72. The van der Waals surface area contributed by atoms with Gasteiger partial charge < -0.3 is 15.5 Å². The molecule has 2 heterocycles. The normalized spacial score (nSPS) is 17.5. The fourth-order valence-corrected chi connectivity index (χ4v) is 4.50. The molecule has 13 heteroatoms. The number of carbonyl (C=O) groups is 1. The molecular formula is C20H23F4N5O3S. The lowest BCUT2D eigenvalue weighted by molar-refractivity contribution is -0.138. The number of rotatable bonds is 5. The molecule has 1 atom stereocenters. The van der Waals surface area contributed by atoms with Crippen molar-refractivity contribution >= 4 is 27.4 Å². The Morgan fingerprint density at radius 2 is 1.91 bits per heavy atom. The van der Waals surface area contributed by atoms with Crippen LogP contribution in [0.1, 0.15) is 29.9 Å². The minimum atomic E-state index is -4.83. The van der Waals surface area contributed by atoms with Crippen LogP contribution >= 0.6 is 0 Å². The molecule has 2 aromatic rings. The molecule has 1 saturated heterocycles. The van der Waals surface area contributed by atoms with Gasteiger partial charge in [0.2, 0.25) is 5.95 Å². The van der Waals surface area contributed by atoms with E-state index in [2.05, 4.69) is 9.97 Å². The highest BCUT2D eigenvalue weighted by Gasteiger charge is 2.38. The molecule has 1 fully saturated rings. The summed E-state index contributed by atoms with van der Waals surface area (Å²) in [5, 5.41) is 0. The van der Waals surface area contributed by atoms with Crippen LogP contribution in [-0.4, -0.2) is 56.2 Å². The molecule has 0 bridgehead atoms. The summed E-state index contributed by atoms with van der Waals surface area (Å²) < 4.78 is 77.3. The Morgan fingerprint density at radius 1 is 1.24 bits per heavy atom. The zero-order valence-electron chi connectivity index (χ0n) is 18.1. The number of benzene rings is 1. The maximum atomic E-state index is 14.0. The van der Waals surface area contributed by atoms with Crippen molar-refractivity contribution in [1.29, 1.82) is 0 Å². The van der Waals surface area contributed by atoms with Crippen molar-refractivity contribution < 1.29 is 30.8 Å². The van der Waals surface area contributed by atoms with E-state index in [1.165, 1.54) is 12.1 Å². The number of anilines is 2. The van der Waals surface area contributed by atoms with Gasteiger partial charge in [-0.2, -0.15) is 13.2 Å². The van der Waals surface area contributed by atoms with E-state index in [4.69, 9.17) is 5.73 Å². The van der Waals surface area contributed by atoms with Gasteiger partial charge in [-0.25, -0.2) is 22.8 Å². The number of alkyl halides is 3. The molecule has 3 rings (SSSR count). The summed E-state index contributed by atoms with van der Waals surface area (Å²) in [6, 6.07) is 3.51. The lowest BCUT2D eigenvalue weighted by atomic mass is 9.99. The van der Waals surface area contributed by atoms with E-state index >= 15 is 0 Å². The molecule has 33 heavy (non-hydrogen) atoms. The van der Waals surface area contributed by atoms with Gasteiger partial charge in [-0.15, -0.1) is 0 Å². The van der Waals surface area contributed by atoms with Crippen molar-refractivity contribution in [1.82, 2.24) is 9.97 Å². The highest BCUT2D eigenvalue weighted by atomic mass is 32.2. The fraction of sp³-hybridized carbons (Fsp3) is 0.450. The van der Waals surface area contributed by atoms with E-state index in [9.17, 15) is 30.8 Å². The Labute approximate surface area is 188 Å². The SMILES string of the molecule is CC(C)C1CN(c2ccc(F)c(S(C)(=O)=O)c2)CCN1c1ncc(C(F)(F)F)c(C(N)=O)n1. The molecule has 0 saturated carbocycles. The Morgan fingerprint density at radius 3 is 2.45 bits per heavy atom. The largest absolute Gasteiger partial charge is 0.420 e. The molecule has 1 aromatic carbocycles.